The summed E-state index contributed by atoms with van der Waals surface area (Å²) >= 11 is 0. The van der Waals surface area contributed by atoms with Gasteiger partial charge >= 0.3 is 0 Å². The minimum absolute atomic E-state index is 0. The molecule has 1 nitrogen and oxygen atoms in total. The van der Waals surface area contributed by atoms with Crippen LogP contribution in [-0.4, -0.2) is 11.7 Å². The van der Waals surface area contributed by atoms with Crippen LogP contribution in [-0.2, 0) is 0 Å². The highest BCUT2D eigenvalue weighted by molar-refractivity contribution is 4.10. The minimum atomic E-state index is 0. The third-order valence-electron chi connectivity index (χ3n) is 0.224. The lowest BCUT2D eigenvalue weighted by atomic mass is 10.5. The van der Waals surface area contributed by atoms with E-state index in [0.29, 0.717) is 6.61 Å². The van der Waals surface area contributed by atoms with Crippen molar-refractivity contribution in [2.24, 2.45) is 0 Å². The summed E-state index contributed by atoms with van der Waals surface area (Å²) in [6, 6.07) is 0. The molecule has 5 heavy (non-hydrogen) atoms. The number of hydrogen-bond acceptors (Lipinski definition) is 1. The normalized spacial score (nSPS) is 6.00. The van der Waals surface area contributed by atoms with Gasteiger partial charge < -0.3 is 5.11 Å². The molecule has 0 aromatic rings. The van der Waals surface area contributed by atoms with E-state index in [4.69, 9.17) is 5.11 Å². The summed E-state index contributed by atoms with van der Waals surface area (Å²) in [4.78, 5) is 0. The van der Waals surface area contributed by atoms with Crippen LogP contribution in [0.1, 0.15) is 13.3 Å². The Bertz CT molecular complexity index is 8.85. The van der Waals surface area contributed by atoms with Crippen LogP contribution in [0.5, 0.6) is 0 Å². The van der Waals surface area contributed by atoms with Gasteiger partial charge in [-0.15, -0.1) is 0 Å². The van der Waals surface area contributed by atoms with Gasteiger partial charge in [0, 0.05) is 6.61 Å². The third-order valence-corrected chi connectivity index (χ3v) is 0.224. The average Bonchev–Trinajstić information content (AvgIpc) is 1.37. The van der Waals surface area contributed by atoms with Gasteiger partial charge in [0.15, 0.2) is 0 Å². The summed E-state index contributed by atoms with van der Waals surface area (Å²) in [5.74, 6) is 0. The summed E-state index contributed by atoms with van der Waals surface area (Å²) < 4.78 is 0. The van der Waals surface area contributed by atoms with Gasteiger partial charge in [-0.2, -0.15) is 0 Å². The van der Waals surface area contributed by atoms with E-state index in [0.717, 1.165) is 6.42 Å². The smallest absolute Gasteiger partial charge is 0.0428 e. The topological polar surface area (TPSA) is 20.2 Å². The molecule has 34 valence electrons. The largest absolute Gasteiger partial charge is 0.396 e. The van der Waals surface area contributed by atoms with Crippen molar-refractivity contribution in [1.29, 1.82) is 0 Å². The molecule has 1 N–H and O–H groups in total. The lowest BCUT2D eigenvalue weighted by Crippen LogP contribution is -1.69. The van der Waals surface area contributed by atoms with Crippen molar-refractivity contribution >= 4 is 0 Å². The van der Waals surface area contributed by atoms with E-state index in [1.807, 2.05) is 6.92 Å². The second kappa shape index (κ2) is 9.10. The second-order valence-corrected chi connectivity index (χ2v) is 0.724. The first-order valence-corrected chi connectivity index (χ1v) is 1.52. The number of aliphatic hydroxyl groups excluding tert-OH is 1. The molecule has 0 saturated heterocycles. The van der Waals surface area contributed by atoms with Crippen LogP contribution in [0, 0.1) is 0 Å². The molecule has 0 heterocycles. The molecule has 0 aromatic heterocycles. The minimum Gasteiger partial charge on any atom is -0.396 e. The van der Waals surface area contributed by atoms with Gasteiger partial charge in [0.25, 0.3) is 0 Å². The van der Waals surface area contributed by atoms with Gasteiger partial charge in [-0.25, -0.2) is 0 Å². The fourth-order valence-corrected chi connectivity index (χ4v) is 0. The third kappa shape index (κ3) is 17.5. The van der Waals surface area contributed by atoms with Crippen molar-refractivity contribution in [3.8, 4) is 0 Å². The lowest BCUT2D eigenvalue weighted by Gasteiger charge is -1.69. The highest BCUT2D eigenvalue weighted by Gasteiger charge is 1.57. The van der Waals surface area contributed by atoms with E-state index in [1.54, 1.807) is 0 Å². The molecule has 0 radical (unpaired) electrons. The Morgan fingerprint density at radius 1 is 1.60 bits per heavy atom. The van der Waals surface area contributed by atoms with Gasteiger partial charge in [0.2, 0.25) is 0 Å². The van der Waals surface area contributed by atoms with Gasteiger partial charge in [0.1, 0.15) is 0 Å². The molecular weight excluding hydrogens is 71.0 g/mol. The maximum absolute atomic E-state index is 7.88. The molecule has 0 fully saturated rings. The number of halogens is 1. The van der Waals surface area contributed by atoms with E-state index in [-0.39, 0.29) is 4.70 Å². The zero-order valence-corrected chi connectivity index (χ0v) is 3.27. The number of aliphatic hydroxyl groups is 1. The molecule has 0 bridgehead atoms. The summed E-state index contributed by atoms with van der Waals surface area (Å²) in [5, 5.41) is 7.88. The first-order valence-electron chi connectivity index (χ1n) is 1.52. The van der Waals surface area contributed by atoms with E-state index in [1.165, 1.54) is 0 Å². The van der Waals surface area contributed by atoms with Crippen molar-refractivity contribution in [2.45, 2.75) is 13.3 Å². The summed E-state index contributed by atoms with van der Waals surface area (Å²) in [6.07, 6.45) is 0.875. The Morgan fingerprint density at radius 2 is 1.80 bits per heavy atom. The molecule has 0 aromatic carbocycles. The first-order chi connectivity index (χ1) is 1.91. The first kappa shape index (κ1) is 8.86. The van der Waals surface area contributed by atoms with Crippen molar-refractivity contribution in [3.63, 3.8) is 0 Å². The van der Waals surface area contributed by atoms with Gasteiger partial charge in [-0.05, 0) is 6.42 Å². The molecule has 0 aliphatic rings. The van der Waals surface area contributed by atoms with Crippen LogP contribution in [0.2, 0.25) is 0 Å². The van der Waals surface area contributed by atoms with Crippen LogP contribution in [0.3, 0.4) is 0 Å². The van der Waals surface area contributed by atoms with Gasteiger partial charge in [-0.3, -0.25) is 4.70 Å². The molecule has 0 saturated carbocycles. The monoisotopic (exact) mass is 80.1 g/mol. The summed E-state index contributed by atoms with van der Waals surface area (Å²) in [6.45, 7) is 2.25. The van der Waals surface area contributed by atoms with Crippen molar-refractivity contribution < 1.29 is 9.81 Å². The van der Waals surface area contributed by atoms with E-state index in [2.05, 4.69) is 0 Å². The number of hydrogen-bond donors (Lipinski definition) is 1. The Morgan fingerprint density at radius 3 is 1.80 bits per heavy atom. The number of rotatable bonds is 1. The standard InChI is InChI=1S/C3H8O.FH/c1-2-3-4;/h4H,2-3H2,1H3;1H. The zero-order chi connectivity index (χ0) is 3.41. The molecule has 0 spiro atoms. The van der Waals surface area contributed by atoms with Crippen LogP contribution >= 0.6 is 0 Å². The molecule has 0 aliphatic carbocycles. The van der Waals surface area contributed by atoms with E-state index >= 15 is 0 Å². The fraction of sp³-hybridized carbons (Fsp3) is 1.00. The van der Waals surface area contributed by atoms with Crippen LogP contribution in [0.4, 0.5) is 4.70 Å². The molecule has 2 heteroatoms. The molecular formula is C3H9FO. The molecule has 0 unspecified atom stereocenters. The van der Waals surface area contributed by atoms with Crippen molar-refractivity contribution in [3.05, 3.63) is 0 Å². The summed E-state index contributed by atoms with van der Waals surface area (Å²) in [5.41, 5.74) is 0. The molecule has 0 rings (SSSR count). The summed E-state index contributed by atoms with van der Waals surface area (Å²) in [7, 11) is 0. The molecule has 0 amide bonds. The predicted octanol–water partition coefficient (Wildman–Crippen LogP) is 0.541. The highest BCUT2D eigenvalue weighted by atomic mass is 19.0. The van der Waals surface area contributed by atoms with E-state index in [9.17, 15) is 0 Å². The second-order valence-electron chi connectivity index (χ2n) is 0.724. The van der Waals surface area contributed by atoms with Gasteiger partial charge in [0.05, 0.1) is 0 Å². The van der Waals surface area contributed by atoms with Crippen molar-refractivity contribution in [2.75, 3.05) is 6.61 Å². The quantitative estimate of drug-likeness (QED) is 0.487. The Kier molecular flexibility index (Phi) is 16.1. The highest BCUT2D eigenvalue weighted by Crippen LogP contribution is 1.61. The Labute approximate surface area is 31.0 Å². The maximum atomic E-state index is 7.88. The molecule has 0 aliphatic heterocycles. The maximum Gasteiger partial charge on any atom is 0.0428 e. The van der Waals surface area contributed by atoms with E-state index < -0.39 is 0 Å². The SMILES string of the molecule is CCCO.F. The van der Waals surface area contributed by atoms with Crippen LogP contribution < -0.4 is 0 Å². The zero-order valence-electron chi connectivity index (χ0n) is 3.27. The average molecular weight is 80.1 g/mol. The van der Waals surface area contributed by atoms with Crippen LogP contribution in [0.15, 0.2) is 0 Å². The Balaban J connectivity index is 0. The Hall–Kier alpha value is -0.110. The predicted molar refractivity (Wildman–Crippen MR) is 19.9 cm³/mol. The van der Waals surface area contributed by atoms with Gasteiger partial charge in [-0.1, -0.05) is 6.92 Å². The molecule has 0 atom stereocenters. The van der Waals surface area contributed by atoms with Crippen LogP contribution in [0.25, 0.3) is 0 Å². The fourth-order valence-electron chi connectivity index (χ4n) is 0. The lowest BCUT2D eigenvalue weighted by molar-refractivity contribution is 0.295. The van der Waals surface area contributed by atoms with Crippen molar-refractivity contribution in [1.82, 2.24) is 0 Å².